The average Bonchev–Trinajstić information content (AvgIpc) is 2.64. The van der Waals surface area contributed by atoms with Gasteiger partial charge in [-0.05, 0) is 47.6 Å². The third-order valence-corrected chi connectivity index (χ3v) is 3.81. The Bertz CT molecular complexity index is 895. The number of thiocarbonyl (C=S) groups is 1. The second kappa shape index (κ2) is 7.68. The van der Waals surface area contributed by atoms with E-state index in [1.54, 1.807) is 30.3 Å². The molecule has 124 valence electrons. The van der Waals surface area contributed by atoms with E-state index in [2.05, 4.69) is 10.6 Å². The normalized spacial score (nSPS) is 10.1. The number of amides is 1. The van der Waals surface area contributed by atoms with E-state index in [0.29, 0.717) is 5.56 Å². The van der Waals surface area contributed by atoms with Crippen molar-refractivity contribution in [2.75, 3.05) is 5.32 Å². The fourth-order valence-electron chi connectivity index (χ4n) is 2.34. The number of anilines is 1. The first-order chi connectivity index (χ1) is 12.1. The van der Waals surface area contributed by atoms with E-state index < -0.39 is 5.82 Å². The summed E-state index contributed by atoms with van der Waals surface area (Å²) in [6.07, 6.45) is 0. The lowest BCUT2D eigenvalue weighted by molar-refractivity contribution is 0.0977. The summed E-state index contributed by atoms with van der Waals surface area (Å²) < 4.78 is 13.6. The lowest BCUT2D eigenvalue weighted by Crippen LogP contribution is -2.34. The summed E-state index contributed by atoms with van der Waals surface area (Å²) in [5.41, 5.74) is 2.78. The van der Waals surface area contributed by atoms with Crippen molar-refractivity contribution < 1.29 is 9.18 Å². The molecule has 0 saturated heterocycles. The number of hydrogen-bond acceptors (Lipinski definition) is 2. The molecule has 0 fully saturated rings. The highest BCUT2D eigenvalue weighted by Gasteiger charge is 2.09. The van der Waals surface area contributed by atoms with E-state index in [9.17, 15) is 9.18 Å². The van der Waals surface area contributed by atoms with Crippen LogP contribution in [-0.4, -0.2) is 11.0 Å². The largest absolute Gasteiger partial charge is 0.330 e. The monoisotopic (exact) mass is 350 g/mol. The van der Waals surface area contributed by atoms with Crippen LogP contribution in [0.1, 0.15) is 10.4 Å². The van der Waals surface area contributed by atoms with Crippen molar-refractivity contribution in [2.45, 2.75) is 0 Å². The maximum absolute atomic E-state index is 13.6. The zero-order valence-corrected chi connectivity index (χ0v) is 14.0. The van der Waals surface area contributed by atoms with Crippen molar-refractivity contribution in [3.8, 4) is 11.1 Å². The molecule has 0 aliphatic heterocycles. The summed E-state index contributed by atoms with van der Waals surface area (Å²) in [5, 5.41) is 5.26. The SMILES string of the molecule is O=C(NC(=S)Nc1ccccc1F)c1ccc(-c2ccccc2)cc1. The Kier molecular flexibility index (Phi) is 5.16. The molecule has 0 aromatic heterocycles. The van der Waals surface area contributed by atoms with Gasteiger partial charge in [0.1, 0.15) is 5.82 Å². The second-order valence-corrected chi connectivity index (χ2v) is 5.74. The van der Waals surface area contributed by atoms with Crippen molar-refractivity contribution in [1.82, 2.24) is 5.32 Å². The van der Waals surface area contributed by atoms with Crippen LogP contribution in [0.25, 0.3) is 11.1 Å². The Morgan fingerprint density at radius 3 is 2.08 bits per heavy atom. The van der Waals surface area contributed by atoms with Crippen LogP contribution in [0.15, 0.2) is 78.9 Å². The summed E-state index contributed by atoms with van der Waals surface area (Å²) in [6.45, 7) is 0. The summed E-state index contributed by atoms with van der Waals surface area (Å²) in [4.78, 5) is 12.2. The number of carbonyl (C=O) groups is 1. The molecule has 0 saturated carbocycles. The summed E-state index contributed by atoms with van der Waals surface area (Å²) in [5.74, 6) is -0.792. The van der Waals surface area contributed by atoms with Gasteiger partial charge in [0.05, 0.1) is 5.69 Å². The van der Waals surface area contributed by atoms with Gasteiger partial charge in [-0.15, -0.1) is 0 Å². The quantitative estimate of drug-likeness (QED) is 0.677. The number of halogens is 1. The first-order valence-corrected chi connectivity index (χ1v) is 8.06. The predicted octanol–water partition coefficient (Wildman–Crippen LogP) is 4.62. The third-order valence-electron chi connectivity index (χ3n) is 3.60. The highest BCUT2D eigenvalue weighted by molar-refractivity contribution is 7.80. The smallest absolute Gasteiger partial charge is 0.257 e. The third kappa shape index (κ3) is 4.28. The molecule has 2 N–H and O–H groups in total. The molecule has 0 bridgehead atoms. The zero-order chi connectivity index (χ0) is 17.6. The van der Waals surface area contributed by atoms with Crippen molar-refractivity contribution in [3.63, 3.8) is 0 Å². The lowest BCUT2D eigenvalue weighted by Gasteiger charge is -2.10. The van der Waals surface area contributed by atoms with Gasteiger partial charge >= 0.3 is 0 Å². The minimum Gasteiger partial charge on any atom is -0.330 e. The Balaban J connectivity index is 1.65. The number of rotatable bonds is 3. The predicted molar refractivity (Wildman–Crippen MR) is 102 cm³/mol. The van der Waals surface area contributed by atoms with Crippen LogP contribution < -0.4 is 10.6 Å². The van der Waals surface area contributed by atoms with Crippen molar-refractivity contribution in [3.05, 3.63) is 90.2 Å². The fraction of sp³-hybridized carbons (Fsp3) is 0. The van der Waals surface area contributed by atoms with Crippen LogP contribution in [0.5, 0.6) is 0 Å². The first-order valence-electron chi connectivity index (χ1n) is 7.66. The maximum atomic E-state index is 13.6. The molecule has 0 aliphatic rings. The number of para-hydroxylation sites is 1. The number of hydrogen-bond donors (Lipinski definition) is 2. The lowest BCUT2D eigenvalue weighted by atomic mass is 10.0. The maximum Gasteiger partial charge on any atom is 0.257 e. The van der Waals surface area contributed by atoms with E-state index in [0.717, 1.165) is 11.1 Å². The number of benzene rings is 3. The number of carbonyl (C=O) groups excluding carboxylic acids is 1. The molecule has 0 radical (unpaired) electrons. The molecule has 25 heavy (non-hydrogen) atoms. The van der Waals surface area contributed by atoms with Gasteiger partial charge < -0.3 is 5.32 Å². The van der Waals surface area contributed by atoms with Crippen molar-refractivity contribution in [2.24, 2.45) is 0 Å². The minimum atomic E-state index is -0.439. The molecular weight excluding hydrogens is 335 g/mol. The van der Waals surface area contributed by atoms with Gasteiger partial charge in [-0.1, -0.05) is 54.6 Å². The molecular formula is C20H15FN2OS. The molecule has 0 unspecified atom stereocenters. The van der Waals surface area contributed by atoms with E-state index in [1.807, 2.05) is 42.5 Å². The minimum absolute atomic E-state index is 0.0437. The second-order valence-electron chi connectivity index (χ2n) is 5.33. The van der Waals surface area contributed by atoms with Gasteiger partial charge in [-0.25, -0.2) is 4.39 Å². The van der Waals surface area contributed by atoms with Gasteiger partial charge in [0.25, 0.3) is 5.91 Å². The Hall–Kier alpha value is -3.05. The van der Waals surface area contributed by atoms with Gasteiger partial charge in [0.2, 0.25) is 0 Å². The Morgan fingerprint density at radius 1 is 0.800 bits per heavy atom. The van der Waals surface area contributed by atoms with Crippen LogP contribution in [0, 0.1) is 5.82 Å². The van der Waals surface area contributed by atoms with Gasteiger partial charge in [0.15, 0.2) is 5.11 Å². The first kappa shape index (κ1) is 16.8. The molecule has 3 aromatic rings. The number of nitrogens with one attached hydrogen (secondary N) is 2. The summed E-state index contributed by atoms with van der Waals surface area (Å²) in [6, 6.07) is 23.2. The van der Waals surface area contributed by atoms with Gasteiger partial charge in [0, 0.05) is 5.56 Å². The van der Waals surface area contributed by atoms with Crippen LogP contribution in [0.2, 0.25) is 0 Å². The van der Waals surface area contributed by atoms with Crippen LogP contribution in [0.3, 0.4) is 0 Å². The Labute approximate surface area is 150 Å². The Morgan fingerprint density at radius 2 is 1.40 bits per heavy atom. The topological polar surface area (TPSA) is 41.1 Å². The average molecular weight is 350 g/mol. The van der Waals surface area contributed by atoms with Crippen LogP contribution >= 0.6 is 12.2 Å². The molecule has 3 aromatic carbocycles. The fourth-order valence-corrected chi connectivity index (χ4v) is 2.54. The molecule has 0 aliphatic carbocycles. The van der Waals surface area contributed by atoms with Crippen molar-refractivity contribution >= 4 is 28.9 Å². The molecule has 0 atom stereocenters. The van der Waals surface area contributed by atoms with Crippen LogP contribution in [-0.2, 0) is 0 Å². The molecule has 3 nitrogen and oxygen atoms in total. The molecule has 0 heterocycles. The van der Waals surface area contributed by atoms with E-state index in [-0.39, 0.29) is 16.7 Å². The van der Waals surface area contributed by atoms with Gasteiger partial charge in [-0.2, -0.15) is 0 Å². The molecule has 0 spiro atoms. The van der Waals surface area contributed by atoms with Crippen molar-refractivity contribution in [1.29, 1.82) is 0 Å². The standard InChI is InChI=1S/C20H15FN2OS/c21-17-8-4-5-9-18(17)22-20(25)23-19(24)16-12-10-15(11-13-16)14-6-2-1-3-7-14/h1-13H,(H2,22,23,24,25). The van der Waals surface area contributed by atoms with E-state index in [4.69, 9.17) is 12.2 Å². The molecule has 5 heteroatoms. The summed E-state index contributed by atoms with van der Waals surface area (Å²) in [7, 11) is 0. The zero-order valence-electron chi connectivity index (χ0n) is 13.2. The highest BCUT2D eigenvalue weighted by atomic mass is 32.1. The van der Waals surface area contributed by atoms with E-state index >= 15 is 0 Å². The summed E-state index contributed by atoms with van der Waals surface area (Å²) >= 11 is 5.06. The molecule has 3 rings (SSSR count). The van der Waals surface area contributed by atoms with Gasteiger partial charge in [-0.3, -0.25) is 10.1 Å². The highest BCUT2D eigenvalue weighted by Crippen LogP contribution is 2.19. The van der Waals surface area contributed by atoms with E-state index in [1.165, 1.54) is 6.07 Å². The van der Waals surface area contributed by atoms with Crippen LogP contribution in [0.4, 0.5) is 10.1 Å². The molecule has 1 amide bonds.